The predicted molar refractivity (Wildman–Crippen MR) is 58.6 cm³/mol. The number of halogens is 1. The van der Waals surface area contributed by atoms with E-state index in [0.29, 0.717) is 18.4 Å². The van der Waals surface area contributed by atoms with Crippen molar-refractivity contribution >= 4 is 19.0 Å². The smallest absolute Gasteiger partial charge is 0.423 e. The summed E-state index contributed by atoms with van der Waals surface area (Å²) >= 11 is 0. The van der Waals surface area contributed by atoms with Gasteiger partial charge in [-0.05, 0) is 30.4 Å². The van der Waals surface area contributed by atoms with Gasteiger partial charge in [0, 0.05) is 6.04 Å². The van der Waals surface area contributed by atoms with Crippen LogP contribution in [0.25, 0.3) is 0 Å². The molecule has 0 aliphatic rings. The van der Waals surface area contributed by atoms with Gasteiger partial charge in [0.2, 0.25) is 6.41 Å². The Morgan fingerprint density at radius 1 is 1.56 bits per heavy atom. The van der Waals surface area contributed by atoms with Crippen LogP contribution in [-0.2, 0) is 11.2 Å². The third kappa shape index (κ3) is 3.32. The minimum Gasteiger partial charge on any atom is -0.423 e. The zero-order chi connectivity index (χ0) is 12.1. The monoisotopic (exact) mass is 225 g/mol. The van der Waals surface area contributed by atoms with Gasteiger partial charge in [0.15, 0.2) is 0 Å². The average molecular weight is 225 g/mol. The van der Waals surface area contributed by atoms with Gasteiger partial charge in [-0.1, -0.05) is 12.1 Å². The number of rotatable bonds is 5. The third-order valence-corrected chi connectivity index (χ3v) is 2.25. The summed E-state index contributed by atoms with van der Waals surface area (Å²) in [5, 5.41) is 20.2. The van der Waals surface area contributed by atoms with Crippen LogP contribution in [0, 0.1) is 5.82 Å². The zero-order valence-electron chi connectivity index (χ0n) is 8.85. The summed E-state index contributed by atoms with van der Waals surface area (Å²) in [4.78, 5) is 10.2. The van der Waals surface area contributed by atoms with Crippen LogP contribution in [0.2, 0.25) is 0 Å². The molecule has 3 N–H and O–H groups in total. The van der Waals surface area contributed by atoms with E-state index < -0.39 is 12.9 Å². The van der Waals surface area contributed by atoms with E-state index in [2.05, 4.69) is 5.32 Å². The lowest BCUT2D eigenvalue weighted by Gasteiger charge is -2.11. The maximum Gasteiger partial charge on any atom is 0.488 e. The third-order valence-electron chi connectivity index (χ3n) is 2.25. The molecule has 1 rings (SSSR count). The van der Waals surface area contributed by atoms with Gasteiger partial charge in [-0.2, -0.15) is 0 Å². The standard InChI is InChI=1S/C10H13BFNO3/c1-7(13-6-14)4-8-2-3-9(11(15)16)5-10(8)12/h2-3,5-7,15-16H,4H2,1H3,(H,13,14). The Hall–Kier alpha value is -1.40. The van der Waals surface area contributed by atoms with Crippen molar-refractivity contribution in [3.63, 3.8) is 0 Å². The summed E-state index contributed by atoms with van der Waals surface area (Å²) in [6.45, 7) is 1.75. The number of hydrogen-bond donors (Lipinski definition) is 3. The molecule has 0 spiro atoms. The Morgan fingerprint density at radius 2 is 2.25 bits per heavy atom. The quantitative estimate of drug-likeness (QED) is 0.453. The van der Waals surface area contributed by atoms with Crippen LogP contribution in [0.5, 0.6) is 0 Å². The Labute approximate surface area is 93.2 Å². The first-order valence-electron chi connectivity index (χ1n) is 4.88. The van der Waals surface area contributed by atoms with Crippen molar-refractivity contribution in [2.75, 3.05) is 0 Å². The van der Waals surface area contributed by atoms with Gasteiger partial charge in [0.05, 0.1) is 0 Å². The van der Waals surface area contributed by atoms with Crippen LogP contribution in [0.1, 0.15) is 12.5 Å². The number of hydrogen-bond acceptors (Lipinski definition) is 3. The summed E-state index contributed by atoms with van der Waals surface area (Å²) in [5.41, 5.74) is 0.531. The van der Waals surface area contributed by atoms with Gasteiger partial charge in [-0.15, -0.1) is 0 Å². The van der Waals surface area contributed by atoms with Gasteiger partial charge in [0.1, 0.15) is 5.82 Å². The highest BCUT2D eigenvalue weighted by molar-refractivity contribution is 6.58. The molecular formula is C10H13BFNO3. The molecule has 0 aromatic heterocycles. The summed E-state index contributed by atoms with van der Waals surface area (Å²) in [7, 11) is -1.67. The minimum atomic E-state index is -1.67. The molecule has 0 bridgehead atoms. The Morgan fingerprint density at radius 3 is 2.75 bits per heavy atom. The molecule has 1 aromatic carbocycles. The molecule has 0 fully saturated rings. The lowest BCUT2D eigenvalue weighted by Crippen LogP contribution is -2.31. The molecule has 0 saturated heterocycles. The molecule has 86 valence electrons. The van der Waals surface area contributed by atoms with Crippen molar-refractivity contribution in [3.05, 3.63) is 29.6 Å². The average Bonchev–Trinajstić information content (AvgIpc) is 2.21. The second kappa shape index (κ2) is 5.62. The zero-order valence-corrected chi connectivity index (χ0v) is 8.85. The topological polar surface area (TPSA) is 69.6 Å². The summed E-state index contributed by atoms with van der Waals surface area (Å²) in [5.74, 6) is -0.509. The SMILES string of the molecule is CC(Cc1ccc(B(O)O)cc1F)NC=O. The van der Waals surface area contributed by atoms with E-state index in [4.69, 9.17) is 10.0 Å². The van der Waals surface area contributed by atoms with Crippen molar-refractivity contribution in [2.45, 2.75) is 19.4 Å². The van der Waals surface area contributed by atoms with E-state index in [0.717, 1.165) is 6.07 Å². The van der Waals surface area contributed by atoms with Crippen molar-refractivity contribution in [2.24, 2.45) is 0 Å². The first kappa shape index (κ1) is 12.7. The molecule has 0 aliphatic carbocycles. The lowest BCUT2D eigenvalue weighted by molar-refractivity contribution is -0.110. The number of carbonyl (C=O) groups excluding carboxylic acids is 1. The van der Waals surface area contributed by atoms with E-state index in [-0.39, 0.29) is 11.5 Å². The second-order valence-electron chi connectivity index (χ2n) is 3.61. The van der Waals surface area contributed by atoms with Crippen LogP contribution < -0.4 is 10.8 Å². The first-order valence-corrected chi connectivity index (χ1v) is 4.88. The number of benzene rings is 1. The molecule has 1 atom stereocenters. The van der Waals surface area contributed by atoms with Crippen LogP contribution in [0.3, 0.4) is 0 Å². The van der Waals surface area contributed by atoms with E-state index >= 15 is 0 Å². The van der Waals surface area contributed by atoms with Gasteiger partial charge in [-0.25, -0.2) is 4.39 Å². The molecule has 4 nitrogen and oxygen atoms in total. The molecule has 0 saturated carbocycles. The Kier molecular flexibility index (Phi) is 4.45. The number of nitrogens with one attached hydrogen (secondary N) is 1. The molecule has 16 heavy (non-hydrogen) atoms. The molecule has 6 heteroatoms. The normalized spacial score (nSPS) is 12.0. The van der Waals surface area contributed by atoms with E-state index in [9.17, 15) is 9.18 Å². The summed E-state index contributed by atoms with van der Waals surface area (Å²) in [6.07, 6.45) is 0.917. The highest BCUT2D eigenvalue weighted by Crippen LogP contribution is 2.08. The molecule has 0 radical (unpaired) electrons. The van der Waals surface area contributed by atoms with Crippen molar-refractivity contribution in [3.8, 4) is 0 Å². The molecule has 1 amide bonds. The molecule has 0 aliphatic heterocycles. The number of carbonyl (C=O) groups is 1. The van der Waals surface area contributed by atoms with Gasteiger partial charge < -0.3 is 15.4 Å². The van der Waals surface area contributed by atoms with Crippen LogP contribution in [0.4, 0.5) is 4.39 Å². The van der Waals surface area contributed by atoms with E-state index in [1.165, 1.54) is 12.1 Å². The number of amides is 1. The first-order chi connectivity index (χ1) is 7.54. The molecule has 0 heterocycles. The van der Waals surface area contributed by atoms with Crippen LogP contribution in [-0.4, -0.2) is 29.6 Å². The predicted octanol–water partition coefficient (Wildman–Crippen LogP) is -0.818. The van der Waals surface area contributed by atoms with Crippen molar-refractivity contribution in [1.82, 2.24) is 5.32 Å². The summed E-state index contributed by atoms with van der Waals surface area (Å²) in [6, 6.07) is 3.83. The van der Waals surface area contributed by atoms with E-state index in [1.54, 1.807) is 6.92 Å². The molecule has 1 aromatic rings. The highest BCUT2D eigenvalue weighted by Gasteiger charge is 2.14. The fourth-order valence-corrected chi connectivity index (χ4v) is 1.39. The van der Waals surface area contributed by atoms with Gasteiger partial charge in [0.25, 0.3) is 0 Å². The molecule has 1 unspecified atom stereocenters. The summed E-state index contributed by atoms with van der Waals surface area (Å²) < 4.78 is 13.5. The lowest BCUT2D eigenvalue weighted by atomic mass is 9.79. The molecular weight excluding hydrogens is 212 g/mol. The van der Waals surface area contributed by atoms with Crippen molar-refractivity contribution < 1.29 is 19.2 Å². The fourth-order valence-electron chi connectivity index (χ4n) is 1.39. The van der Waals surface area contributed by atoms with Gasteiger partial charge >= 0.3 is 7.12 Å². The van der Waals surface area contributed by atoms with Crippen molar-refractivity contribution in [1.29, 1.82) is 0 Å². The largest absolute Gasteiger partial charge is 0.488 e. The fraction of sp³-hybridized carbons (Fsp3) is 0.300. The maximum absolute atomic E-state index is 13.5. The Bertz CT molecular complexity index is 373. The Balaban J connectivity index is 2.78. The van der Waals surface area contributed by atoms with Crippen LogP contribution in [0.15, 0.2) is 18.2 Å². The van der Waals surface area contributed by atoms with Crippen LogP contribution >= 0.6 is 0 Å². The minimum absolute atomic E-state index is 0.109. The van der Waals surface area contributed by atoms with Gasteiger partial charge in [-0.3, -0.25) is 4.79 Å². The maximum atomic E-state index is 13.5. The van der Waals surface area contributed by atoms with E-state index in [1.807, 2.05) is 0 Å². The highest BCUT2D eigenvalue weighted by atomic mass is 19.1. The second-order valence-corrected chi connectivity index (χ2v) is 3.61.